The van der Waals surface area contributed by atoms with Crippen LogP contribution in [0.3, 0.4) is 0 Å². The van der Waals surface area contributed by atoms with Gasteiger partial charge >= 0.3 is 6.09 Å². The van der Waals surface area contributed by atoms with Gasteiger partial charge in [-0.25, -0.2) is 24.1 Å². The number of carbonyl (C=O) groups is 1. The molecule has 28 heavy (non-hydrogen) atoms. The lowest BCUT2D eigenvalue weighted by molar-refractivity contribution is 0.133. The fourth-order valence-electron chi connectivity index (χ4n) is 3.33. The third-order valence-electron chi connectivity index (χ3n) is 4.82. The zero-order valence-corrected chi connectivity index (χ0v) is 15.8. The second kappa shape index (κ2) is 7.23. The number of hydrogen-bond acceptors (Lipinski definition) is 5. The highest BCUT2D eigenvalue weighted by molar-refractivity contribution is 6.30. The molecule has 10 heteroatoms. The van der Waals surface area contributed by atoms with Crippen molar-refractivity contribution >= 4 is 29.2 Å². The van der Waals surface area contributed by atoms with Crippen molar-refractivity contribution in [2.75, 3.05) is 18.4 Å². The molecule has 146 valence electrons. The molecule has 0 aromatic carbocycles. The van der Waals surface area contributed by atoms with E-state index in [0.717, 1.165) is 12.8 Å². The van der Waals surface area contributed by atoms with Crippen molar-refractivity contribution in [3.05, 3.63) is 41.1 Å². The first-order chi connectivity index (χ1) is 13.4. The molecule has 1 fully saturated rings. The highest BCUT2D eigenvalue weighted by Crippen LogP contribution is 2.27. The van der Waals surface area contributed by atoms with E-state index in [1.54, 1.807) is 23.6 Å². The summed E-state index contributed by atoms with van der Waals surface area (Å²) in [6.07, 6.45) is 3.53. The van der Waals surface area contributed by atoms with Crippen molar-refractivity contribution in [3.8, 4) is 11.5 Å². The Balaban J connectivity index is 1.68. The molecule has 0 radical (unpaired) electrons. The minimum atomic E-state index is -0.933. The van der Waals surface area contributed by atoms with Crippen LogP contribution in [0.1, 0.15) is 18.4 Å². The van der Waals surface area contributed by atoms with E-state index < -0.39 is 11.9 Å². The van der Waals surface area contributed by atoms with Crippen molar-refractivity contribution in [1.82, 2.24) is 24.3 Å². The largest absolute Gasteiger partial charge is 0.465 e. The Morgan fingerprint density at radius 3 is 3.00 bits per heavy atom. The molecular weight excluding hydrogens is 387 g/mol. The number of rotatable bonds is 3. The SMILES string of the molecule is Cc1c(Cl)nc(-c2cnc3ccc(F)cn23)nc1NC1CCCN(C(=O)O)C1. The van der Waals surface area contributed by atoms with Crippen molar-refractivity contribution in [3.63, 3.8) is 0 Å². The maximum atomic E-state index is 13.7. The van der Waals surface area contributed by atoms with Gasteiger partial charge in [0.25, 0.3) is 0 Å². The van der Waals surface area contributed by atoms with Gasteiger partial charge in [0.2, 0.25) is 0 Å². The van der Waals surface area contributed by atoms with Gasteiger partial charge in [0.1, 0.15) is 28.1 Å². The Morgan fingerprint density at radius 2 is 2.21 bits per heavy atom. The number of halogens is 2. The number of anilines is 1. The third kappa shape index (κ3) is 3.45. The van der Waals surface area contributed by atoms with Crippen LogP contribution in [0.15, 0.2) is 24.5 Å². The topological polar surface area (TPSA) is 95.7 Å². The number of piperidine rings is 1. The monoisotopic (exact) mass is 404 g/mol. The van der Waals surface area contributed by atoms with Gasteiger partial charge in [-0.2, -0.15) is 0 Å². The zero-order valence-electron chi connectivity index (χ0n) is 15.1. The number of fused-ring (bicyclic) bond motifs is 1. The Hall–Kier alpha value is -2.94. The van der Waals surface area contributed by atoms with Gasteiger partial charge in [0.05, 0.1) is 6.20 Å². The molecular formula is C18H18ClFN6O2. The smallest absolute Gasteiger partial charge is 0.407 e. The van der Waals surface area contributed by atoms with E-state index in [1.807, 2.05) is 0 Å². The zero-order chi connectivity index (χ0) is 19.8. The number of nitrogens with one attached hydrogen (secondary N) is 1. The molecule has 1 aliphatic rings. The first-order valence-electron chi connectivity index (χ1n) is 8.84. The molecule has 3 aromatic rings. The maximum absolute atomic E-state index is 13.7. The Morgan fingerprint density at radius 1 is 1.39 bits per heavy atom. The summed E-state index contributed by atoms with van der Waals surface area (Å²) in [5.74, 6) is 0.431. The van der Waals surface area contributed by atoms with E-state index in [4.69, 9.17) is 11.6 Å². The molecule has 0 saturated carbocycles. The molecule has 1 unspecified atom stereocenters. The van der Waals surface area contributed by atoms with E-state index in [0.29, 0.717) is 41.6 Å². The first-order valence-corrected chi connectivity index (χ1v) is 9.21. The van der Waals surface area contributed by atoms with Crippen LogP contribution in [0.4, 0.5) is 15.0 Å². The molecule has 3 aromatic heterocycles. The van der Waals surface area contributed by atoms with Gasteiger partial charge in [-0.05, 0) is 31.9 Å². The standard InChI is InChI=1S/C18H18ClFN6O2/c1-10-15(19)23-17(13-7-21-14-5-4-11(20)8-26(13)14)24-16(10)22-12-3-2-6-25(9-12)18(27)28/h4-5,7-8,12H,2-3,6,9H2,1H3,(H,27,28)(H,22,23,24). The molecule has 1 atom stereocenters. The van der Waals surface area contributed by atoms with E-state index in [1.165, 1.54) is 17.2 Å². The molecule has 8 nitrogen and oxygen atoms in total. The van der Waals surface area contributed by atoms with Crippen molar-refractivity contribution in [2.45, 2.75) is 25.8 Å². The molecule has 1 aliphatic heterocycles. The Labute approximate surface area is 165 Å². The summed E-state index contributed by atoms with van der Waals surface area (Å²) in [6.45, 7) is 2.68. The summed E-state index contributed by atoms with van der Waals surface area (Å²) >= 11 is 6.32. The molecule has 0 aliphatic carbocycles. The number of nitrogens with zero attached hydrogens (tertiary/aromatic N) is 5. The van der Waals surface area contributed by atoms with E-state index >= 15 is 0 Å². The Bertz CT molecular complexity index is 1060. The van der Waals surface area contributed by atoms with Crippen LogP contribution in [-0.2, 0) is 0 Å². The quantitative estimate of drug-likeness (QED) is 0.649. The number of imidazole rings is 1. The van der Waals surface area contributed by atoms with Gasteiger partial charge in [-0.3, -0.25) is 4.40 Å². The number of carboxylic acid groups (broad SMARTS) is 1. The van der Waals surface area contributed by atoms with Crippen LogP contribution in [0.25, 0.3) is 17.2 Å². The summed E-state index contributed by atoms with van der Waals surface area (Å²) < 4.78 is 15.2. The number of likely N-dealkylation sites (tertiary alicyclic amines) is 1. The van der Waals surface area contributed by atoms with Crippen LogP contribution >= 0.6 is 11.6 Å². The van der Waals surface area contributed by atoms with Gasteiger partial charge in [0.15, 0.2) is 5.82 Å². The second-order valence-electron chi connectivity index (χ2n) is 6.74. The van der Waals surface area contributed by atoms with Crippen LogP contribution in [0.5, 0.6) is 0 Å². The van der Waals surface area contributed by atoms with Gasteiger partial charge in [0, 0.05) is 30.9 Å². The number of pyridine rings is 1. The summed E-state index contributed by atoms with van der Waals surface area (Å²) in [7, 11) is 0. The lowest BCUT2D eigenvalue weighted by Gasteiger charge is -2.31. The predicted molar refractivity (Wildman–Crippen MR) is 102 cm³/mol. The average molecular weight is 405 g/mol. The fourth-order valence-corrected chi connectivity index (χ4v) is 3.50. The molecule has 1 amide bonds. The highest BCUT2D eigenvalue weighted by atomic mass is 35.5. The summed E-state index contributed by atoms with van der Waals surface area (Å²) in [4.78, 5) is 25.8. The molecule has 0 bridgehead atoms. The minimum Gasteiger partial charge on any atom is -0.465 e. The van der Waals surface area contributed by atoms with Crippen LogP contribution in [0.2, 0.25) is 5.15 Å². The van der Waals surface area contributed by atoms with Gasteiger partial charge in [-0.1, -0.05) is 11.6 Å². The van der Waals surface area contributed by atoms with E-state index in [9.17, 15) is 14.3 Å². The molecule has 4 rings (SSSR count). The molecule has 1 saturated heterocycles. The predicted octanol–water partition coefficient (Wildman–Crippen LogP) is 3.45. The highest BCUT2D eigenvalue weighted by Gasteiger charge is 2.24. The first kappa shape index (κ1) is 18.4. The maximum Gasteiger partial charge on any atom is 0.407 e. The van der Waals surface area contributed by atoms with Crippen LogP contribution in [-0.4, -0.2) is 54.6 Å². The summed E-state index contributed by atoms with van der Waals surface area (Å²) in [5.41, 5.74) is 1.74. The Kier molecular flexibility index (Phi) is 4.76. The number of amides is 1. The summed E-state index contributed by atoms with van der Waals surface area (Å²) in [6, 6.07) is 2.82. The third-order valence-corrected chi connectivity index (χ3v) is 5.19. The van der Waals surface area contributed by atoms with Crippen molar-refractivity contribution in [1.29, 1.82) is 0 Å². The van der Waals surface area contributed by atoms with E-state index in [-0.39, 0.29) is 11.2 Å². The van der Waals surface area contributed by atoms with Crippen LogP contribution in [0, 0.1) is 12.7 Å². The molecule has 2 N–H and O–H groups in total. The van der Waals surface area contributed by atoms with Gasteiger partial charge < -0.3 is 15.3 Å². The van der Waals surface area contributed by atoms with Crippen molar-refractivity contribution < 1.29 is 14.3 Å². The van der Waals surface area contributed by atoms with E-state index in [2.05, 4.69) is 20.3 Å². The molecule has 4 heterocycles. The normalized spacial score (nSPS) is 17.1. The van der Waals surface area contributed by atoms with Gasteiger partial charge in [-0.15, -0.1) is 0 Å². The van der Waals surface area contributed by atoms with Crippen molar-refractivity contribution in [2.24, 2.45) is 0 Å². The fraction of sp³-hybridized carbons (Fsp3) is 0.333. The number of hydrogen-bond donors (Lipinski definition) is 2. The number of aromatic nitrogens is 4. The minimum absolute atomic E-state index is 0.0815. The lowest BCUT2D eigenvalue weighted by Crippen LogP contribution is -2.44. The average Bonchev–Trinajstić information content (AvgIpc) is 3.08. The second-order valence-corrected chi connectivity index (χ2v) is 7.10. The molecule has 0 spiro atoms. The summed E-state index contributed by atoms with van der Waals surface area (Å²) in [5, 5.41) is 12.8. The lowest BCUT2D eigenvalue weighted by atomic mass is 10.1. The van der Waals surface area contributed by atoms with Crippen LogP contribution < -0.4 is 5.32 Å².